The smallest absolute Gasteiger partial charge is 0.275 e. The molecule has 0 radical (unpaired) electrons. The normalized spacial score (nSPS) is 11.5. The van der Waals surface area contributed by atoms with Gasteiger partial charge in [-0.15, -0.1) is 0 Å². The van der Waals surface area contributed by atoms with Gasteiger partial charge < -0.3 is 72.1 Å². The fourth-order valence-electron chi connectivity index (χ4n) is 12.3. The number of halogens is 3. The standard InChI is InChI=1S/C94H91F3N20O14/c1-46(2)42-128-64-38-62(89(124)114-70-27-17-25-68(106-70)110-83(118)56-21-15-23-58(98-56)85(120)112-72-29-19-31-74(108-72)116-91(126)93(9,10)11)100-79-50(64)33-35-54(76(79)95)104-87(122)60-40-66(130-44-48(5)6)52-37-53-67(131-45-49(7)8)41-61(103-82(53)78(97)81(52)102-60)88(123)105-55-36-34-51-65(129-43-47(3)4)39-63(101-80(51)77(55)96)90(125)115-71-28-18-26-69(107-71)111-84(119)57-22-16-24-59(99-57)86(121)113-73-30-20-32-75(109-73)117-92(127)94(12,13)14/h15-41,46-49H,42-45H2,1-14H3,(H,104,122)(H,105,123)(H2,106,110,114,118,124)(H2,107,111,115,119,125)(H2,108,112,116,120,126)(H2,109,113,117,121,127). The van der Waals surface area contributed by atoms with Gasteiger partial charge in [0.25, 0.3) is 47.3 Å². The minimum absolute atomic E-state index is 0.0348. The summed E-state index contributed by atoms with van der Waals surface area (Å²) in [7, 11) is 0. The number of anilines is 10. The predicted molar refractivity (Wildman–Crippen MR) is 487 cm³/mol. The van der Waals surface area contributed by atoms with E-state index in [1.165, 1.54) is 140 Å². The Labute approximate surface area is 747 Å². The first-order valence-corrected chi connectivity index (χ1v) is 41.5. The summed E-state index contributed by atoms with van der Waals surface area (Å²) < 4.78 is 77.5. The number of hydrogen-bond donors (Lipinski definition) is 10. The monoisotopic (exact) mass is 1780 g/mol. The highest BCUT2D eigenvalue weighted by molar-refractivity contribution is 6.13. The summed E-state index contributed by atoms with van der Waals surface area (Å²) in [4.78, 5) is 181. The molecule has 37 heteroatoms. The number of ether oxygens (including phenoxy) is 4. The zero-order valence-corrected chi connectivity index (χ0v) is 73.5. The van der Waals surface area contributed by atoms with Gasteiger partial charge in [0.1, 0.15) is 137 Å². The molecule has 0 unspecified atom stereocenters. The summed E-state index contributed by atoms with van der Waals surface area (Å²) in [5.74, 6) is -11.0. The van der Waals surface area contributed by atoms with E-state index in [2.05, 4.69) is 103 Å². The molecule has 34 nitrogen and oxygen atoms in total. The molecule has 13 rings (SSSR count). The lowest BCUT2D eigenvalue weighted by molar-refractivity contribution is -0.123. The van der Waals surface area contributed by atoms with Crippen molar-refractivity contribution in [3.63, 3.8) is 0 Å². The number of aromatic nitrogens is 10. The molecule has 0 fully saturated rings. The number of amides is 10. The van der Waals surface area contributed by atoms with E-state index in [1.54, 1.807) is 65.8 Å². The van der Waals surface area contributed by atoms with Gasteiger partial charge >= 0.3 is 0 Å². The van der Waals surface area contributed by atoms with Gasteiger partial charge in [-0.25, -0.2) is 63.0 Å². The summed E-state index contributed by atoms with van der Waals surface area (Å²) >= 11 is 0. The number of nitrogens with zero attached hydrogens (tertiary/aromatic N) is 10. The van der Waals surface area contributed by atoms with Crippen molar-refractivity contribution in [3.8, 4) is 23.0 Å². The first kappa shape index (κ1) is 92.6. The maximum absolute atomic E-state index is 18.0. The van der Waals surface area contributed by atoms with Crippen LogP contribution in [-0.2, 0) is 9.59 Å². The summed E-state index contributed by atoms with van der Waals surface area (Å²) in [6.45, 7) is 25.6. The topological polar surface area (TPSA) is 457 Å². The van der Waals surface area contributed by atoms with Crippen LogP contribution in [0.1, 0.15) is 181 Å². The van der Waals surface area contributed by atoms with Crippen LogP contribution in [0.25, 0.3) is 43.6 Å². The Kier molecular flexibility index (Phi) is 27.8. The van der Waals surface area contributed by atoms with Crippen LogP contribution in [0, 0.1) is 52.0 Å². The van der Waals surface area contributed by atoms with Crippen molar-refractivity contribution in [2.75, 3.05) is 79.6 Å². The van der Waals surface area contributed by atoms with Crippen molar-refractivity contribution in [2.45, 2.75) is 96.9 Å². The number of carbonyl (C=O) groups excluding carboxylic acids is 10. The zero-order valence-electron chi connectivity index (χ0n) is 73.5. The van der Waals surface area contributed by atoms with Crippen molar-refractivity contribution < 1.29 is 80.1 Å². The van der Waals surface area contributed by atoms with Crippen LogP contribution in [0.15, 0.2) is 164 Å². The molecule has 0 aliphatic heterocycles. The average molecular weight is 1780 g/mol. The average Bonchev–Trinajstić information content (AvgIpc) is 0.741. The third-order valence-electron chi connectivity index (χ3n) is 18.9. The Hall–Kier alpha value is -16.1. The quantitative estimate of drug-likeness (QED) is 0.0187. The number of pyridine rings is 10. The van der Waals surface area contributed by atoms with Crippen LogP contribution in [0.2, 0.25) is 0 Å². The molecule has 0 aliphatic carbocycles. The highest BCUT2D eigenvalue weighted by Gasteiger charge is 2.30. The van der Waals surface area contributed by atoms with Crippen molar-refractivity contribution in [2.24, 2.45) is 34.5 Å². The fraction of sp³-hybridized carbons (Fsp3) is 0.255. The molecule has 0 bridgehead atoms. The van der Waals surface area contributed by atoms with Gasteiger partial charge in [-0.3, -0.25) is 47.9 Å². The molecule has 0 aliphatic rings. The van der Waals surface area contributed by atoms with Gasteiger partial charge in [0.15, 0.2) is 17.5 Å². The number of nitrogens with one attached hydrogen (secondary N) is 10. The number of fused-ring (bicyclic) bond motifs is 4. The first-order valence-electron chi connectivity index (χ1n) is 41.5. The molecule has 0 spiro atoms. The van der Waals surface area contributed by atoms with Crippen molar-refractivity contribution in [3.05, 3.63) is 227 Å². The molecule has 10 heterocycles. The molecule has 13 aromatic rings. The van der Waals surface area contributed by atoms with Crippen LogP contribution < -0.4 is 72.1 Å². The minimum atomic E-state index is -1.17. The molecule has 672 valence electrons. The molecule has 10 aromatic heterocycles. The van der Waals surface area contributed by atoms with Gasteiger partial charge in [0.05, 0.1) is 37.8 Å². The minimum Gasteiger partial charge on any atom is -0.493 e. The largest absolute Gasteiger partial charge is 0.493 e. The van der Waals surface area contributed by atoms with Crippen molar-refractivity contribution in [1.29, 1.82) is 0 Å². The van der Waals surface area contributed by atoms with Gasteiger partial charge in [-0.1, -0.05) is 133 Å². The number of carbonyl (C=O) groups is 10. The molecular formula is C94H91F3N20O14. The highest BCUT2D eigenvalue weighted by Crippen LogP contribution is 2.40. The van der Waals surface area contributed by atoms with Crippen LogP contribution in [0.4, 0.5) is 71.1 Å². The van der Waals surface area contributed by atoms with Crippen LogP contribution in [-0.4, -0.2) is 135 Å². The van der Waals surface area contributed by atoms with E-state index in [9.17, 15) is 47.9 Å². The Morgan fingerprint density at radius 3 is 0.733 bits per heavy atom. The number of rotatable bonds is 30. The predicted octanol–water partition coefficient (Wildman–Crippen LogP) is 16.8. The summed E-state index contributed by atoms with van der Waals surface area (Å²) in [6, 6.07) is 38.1. The molecule has 0 saturated carbocycles. The number of hydrogen-bond acceptors (Lipinski definition) is 24. The zero-order chi connectivity index (χ0) is 94.0. The van der Waals surface area contributed by atoms with Gasteiger partial charge in [0.2, 0.25) is 11.8 Å². The van der Waals surface area contributed by atoms with E-state index in [0.717, 1.165) is 0 Å². The van der Waals surface area contributed by atoms with E-state index in [4.69, 9.17) is 18.9 Å². The summed E-state index contributed by atoms with van der Waals surface area (Å²) in [5.41, 5.74) is -6.57. The lowest BCUT2D eigenvalue weighted by atomic mass is 9.96. The van der Waals surface area contributed by atoms with E-state index >= 15 is 13.2 Å². The Morgan fingerprint density at radius 2 is 0.481 bits per heavy atom. The van der Waals surface area contributed by atoms with Crippen LogP contribution >= 0.6 is 0 Å². The molecule has 10 N–H and O–H groups in total. The third-order valence-corrected chi connectivity index (χ3v) is 18.9. The van der Waals surface area contributed by atoms with Crippen molar-refractivity contribution >= 4 is 161 Å². The first-order chi connectivity index (χ1) is 62.2. The maximum atomic E-state index is 18.0. The van der Waals surface area contributed by atoms with Crippen LogP contribution in [0.5, 0.6) is 23.0 Å². The molecule has 0 saturated heterocycles. The van der Waals surface area contributed by atoms with Gasteiger partial charge in [-0.05, 0) is 127 Å². The molecular weight excluding hydrogens is 1690 g/mol. The molecule has 10 amide bonds. The van der Waals surface area contributed by atoms with E-state index in [0.29, 0.717) is 0 Å². The Bertz CT molecular complexity index is 6350. The fourth-order valence-corrected chi connectivity index (χ4v) is 12.3. The van der Waals surface area contributed by atoms with E-state index < -0.39 is 120 Å². The van der Waals surface area contributed by atoms with Gasteiger partial charge in [0, 0.05) is 56.6 Å². The van der Waals surface area contributed by atoms with E-state index in [-0.39, 0.29) is 187 Å². The highest BCUT2D eigenvalue weighted by atomic mass is 19.1. The Morgan fingerprint density at radius 1 is 0.260 bits per heavy atom. The van der Waals surface area contributed by atoms with Crippen molar-refractivity contribution in [1.82, 2.24) is 49.8 Å². The van der Waals surface area contributed by atoms with Crippen LogP contribution in [0.3, 0.4) is 0 Å². The van der Waals surface area contributed by atoms with Gasteiger partial charge in [-0.2, -0.15) is 0 Å². The maximum Gasteiger partial charge on any atom is 0.275 e. The molecule has 131 heavy (non-hydrogen) atoms. The summed E-state index contributed by atoms with van der Waals surface area (Å²) in [6.07, 6.45) is 0. The van der Waals surface area contributed by atoms with E-state index in [1.807, 2.05) is 55.4 Å². The second kappa shape index (κ2) is 39.4. The second-order valence-corrected chi connectivity index (χ2v) is 34.0. The SMILES string of the molecule is CC(C)COc1cc(C(=O)Nc2cccc(NC(=O)c3cccc(C(=O)Nc4cccc(NC(=O)C(C)(C)C)n4)n3)n2)nc2c(F)c(NC(=O)c3cc(OCC(C)C)c4cc5c(OCC(C)C)cc(C(=O)Nc6ccc7c(OCC(C)C)cc(C(=O)Nc8cccc(NC(=O)c9cccc(C(=O)Nc%10cccc(NC(=O)C(C)(C)C)n%10)n9)n8)nc7c6F)nc5c(F)c4n3)ccc12. The second-order valence-electron chi connectivity index (χ2n) is 34.0. The summed E-state index contributed by atoms with van der Waals surface area (Å²) in [5, 5.41) is 26.3. The number of benzene rings is 3. The lowest BCUT2D eigenvalue weighted by Crippen LogP contribution is -2.28. The molecule has 0 atom stereocenters. The third kappa shape index (κ3) is 22.8. The lowest BCUT2D eigenvalue weighted by Gasteiger charge is -2.17. The Balaban J connectivity index is 0.734. The molecule has 3 aromatic carbocycles.